The van der Waals surface area contributed by atoms with Crippen molar-refractivity contribution in [3.05, 3.63) is 24.3 Å². The number of hydrogen-bond acceptors (Lipinski definition) is 3. The van der Waals surface area contributed by atoms with Crippen LogP contribution in [0.1, 0.15) is 33.1 Å². The molecule has 1 aromatic rings. The maximum Gasteiger partial charge on any atom is 0.263 e. The number of amides is 1. The molecule has 2 atom stereocenters. The zero-order chi connectivity index (χ0) is 15.2. The van der Waals surface area contributed by atoms with E-state index in [1.165, 1.54) is 6.42 Å². The summed E-state index contributed by atoms with van der Waals surface area (Å²) in [6.45, 7) is 5.87. The number of nitrogens with zero attached hydrogens (tertiary/aromatic N) is 1. The number of hydrogen-bond donors (Lipinski definition) is 0. The van der Waals surface area contributed by atoms with Gasteiger partial charge in [-0.3, -0.25) is 4.79 Å². The van der Waals surface area contributed by atoms with Crippen molar-refractivity contribution in [1.29, 1.82) is 0 Å². The standard InChI is InChI=1S/C17H25NO3/c1-4-16(17(19)18-10-6-7-13(2)12-18)21-15-9-5-8-14(11-15)20-3/h5,8-9,11,13,16H,4,6-7,10,12H2,1-3H3/t13-,16+/m1/s1. The molecule has 1 fully saturated rings. The van der Waals surface area contributed by atoms with E-state index in [4.69, 9.17) is 9.47 Å². The summed E-state index contributed by atoms with van der Waals surface area (Å²) in [4.78, 5) is 14.6. The van der Waals surface area contributed by atoms with Crippen molar-refractivity contribution in [1.82, 2.24) is 4.90 Å². The van der Waals surface area contributed by atoms with Crippen molar-refractivity contribution in [2.24, 2.45) is 5.92 Å². The predicted octanol–water partition coefficient (Wildman–Crippen LogP) is 3.11. The van der Waals surface area contributed by atoms with Gasteiger partial charge < -0.3 is 14.4 Å². The number of rotatable bonds is 5. The summed E-state index contributed by atoms with van der Waals surface area (Å²) in [5.41, 5.74) is 0. The molecule has 0 saturated carbocycles. The fourth-order valence-electron chi connectivity index (χ4n) is 2.74. The van der Waals surface area contributed by atoms with E-state index in [9.17, 15) is 4.79 Å². The second-order valence-corrected chi connectivity index (χ2v) is 5.73. The third kappa shape index (κ3) is 4.13. The summed E-state index contributed by atoms with van der Waals surface area (Å²) in [6, 6.07) is 7.41. The highest BCUT2D eigenvalue weighted by molar-refractivity contribution is 5.81. The quantitative estimate of drug-likeness (QED) is 0.836. The maximum absolute atomic E-state index is 12.6. The Balaban J connectivity index is 2.02. The first kappa shape index (κ1) is 15.7. The van der Waals surface area contributed by atoms with E-state index < -0.39 is 6.10 Å². The first-order chi connectivity index (χ1) is 10.1. The molecule has 4 nitrogen and oxygen atoms in total. The fraction of sp³-hybridized carbons (Fsp3) is 0.588. The lowest BCUT2D eigenvalue weighted by Gasteiger charge is -2.33. The highest BCUT2D eigenvalue weighted by atomic mass is 16.5. The van der Waals surface area contributed by atoms with Gasteiger partial charge in [-0.2, -0.15) is 0 Å². The minimum atomic E-state index is -0.414. The van der Waals surface area contributed by atoms with Crippen LogP contribution in [0, 0.1) is 5.92 Å². The lowest BCUT2D eigenvalue weighted by atomic mass is 9.99. The van der Waals surface area contributed by atoms with Gasteiger partial charge >= 0.3 is 0 Å². The molecule has 1 aliphatic heterocycles. The molecule has 0 spiro atoms. The summed E-state index contributed by atoms with van der Waals surface area (Å²) in [5.74, 6) is 2.10. The van der Waals surface area contributed by atoms with E-state index in [1.54, 1.807) is 7.11 Å². The van der Waals surface area contributed by atoms with Gasteiger partial charge in [0.2, 0.25) is 0 Å². The van der Waals surface area contributed by atoms with E-state index in [-0.39, 0.29) is 5.91 Å². The van der Waals surface area contributed by atoms with Gasteiger partial charge in [-0.1, -0.05) is 19.9 Å². The van der Waals surface area contributed by atoms with Crippen LogP contribution in [0.2, 0.25) is 0 Å². The predicted molar refractivity (Wildman–Crippen MR) is 82.7 cm³/mol. The molecule has 0 unspecified atom stereocenters. The van der Waals surface area contributed by atoms with Crippen molar-refractivity contribution >= 4 is 5.91 Å². The van der Waals surface area contributed by atoms with Gasteiger partial charge in [0.05, 0.1) is 7.11 Å². The molecule has 1 aromatic carbocycles. The third-order valence-corrected chi connectivity index (χ3v) is 3.93. The third-order valence-electron chi connectivity index (χ3n) is 3.93. The Hall–Kier alpha value is -1.71. The van der Waals surface area contributed by atoms with Crippen molar-refractivity contribution in [2.75, 3.05) is 20.2 Å². The Kier molecular flexibility index (Phi) is 5.48. The number of likely N-dealkylation sites (tertiary alicyclic amines) is 1. The molecule has 1 heterocycles. The van der Waals surface area contributed by atoms with Gasteiger partial charge in [-0.05, 0) is 37.3 Å². The summed E-state index contributed by atoms with van der Waals surface area (Å²) < 4.78 is 11.1. The molecular weight excluding hydrogens is 266 g/mol. The second kappa shape index (κ2) is 7.34. The molecule has 0 bridgehead atoms. The van der Waals surface area contributed by atoms with Crippen LogP contribution in [0.4, 0.5) is 0 Å². The lowest BCUT2D eigenvalue weighted by Crippen LogP contribution is -2.46. The first-order valence-corrected chi connectivity index (χ1v) is 7.73. The van der Waals surface area contributed by atoms with Crippen molar-refractivity contribution in [3.63, 3.8) is 0 Å². The Morgan fingerprint density at radius 2 is 2.19 bits per heavy atom. The fourth-order valence-corrected chi connectivity index (χ4v) is 2.74. The van der Waals surface area contributed by atoms with Crippen molar-refractivity contribution < 1.29 is 14.3 Å². The number of piperidine rings is 1. The molecule has 1 amide bonds. The monoisotopic (exact) mass is 291 g/mol. The van der Waals surface area contributed by atoms with Gasteiger partial charge in [0.15, 0.2) is 6.10 Å². The van der Waals surface area contributed by atoms with Crippen LogP contribution < -0.4 is 9.47 Å². The number of ether oxygens (including phenoxy) is 2. The lowest BCUT2D eigenvalue weighted by molar-refractivity contribution is -0.140. The van der Waals surface area contributed by atoms with Gasteiger partial charge in [0.25, 0.3) is 5.91 Å². The summed E-state index contributed by atoms with van der Waals surface area (Å²) >= 11 is 0. The van der Waals surface area contributed by atoms with Crippen LogP contribution in [0.15, 0.2) is 24.3 Å². The summed E-state index contributed by atoms with van der Waals surface area (Å²) in [5, 5.41) is 0. The minimum Gasteiger partial charge on any atom is -0.497 e. The molecule has 0 aromatic heterocycles. The largest absolute Gasteiger partial charge is 0.497 e. The van der Waals surface area contributed by atoms with Crippen LogP contribution >= 0.6 is 0 Å². The van der Waals surface area contributed by atoms with E-state index in [2.05, 4.69) is 6.92 Å². The van der Waals surface area contributed by atoms with E-state index in [0.29, 0.717) is 18.1 Å². The van der Waals surface area contributed by atoms with Crippen LogP contribution in [-0.4, -0.2) is 37.1 Å². The Labute approximate surface area is 127 Å². The minimum absolute atomic E-state index is 0.104. The smallest absolute Gasteiger partial charge is 0.263 e. The summed E-state index contributed by atoms with van der Waals surface area (Å²) in [7, 11) is 1.62. The number of methoxy groups -OCH3 is 1. The topological polar surface area (TPSA) is 38.8 Å². The SMILES string of the molecule is CC[C@H](Oc1cccc(OC)c1)C(=O)N1CCC[C@@H](C)C1. The molecule has 0 radical (unpaired) electrons. The first-order valence-electron chi connectivity index (χ1n) is 7.73. The van der Waals surface area contributed by atoms with Crippen LogP contribution in [-0.2, 0) is 4.79 Å². The number of carbonyl (C=O) groups is 1. The number of benzene rings is 1. The molecular formula is C17H25NO3. The molecule has 0 N–H and O–H groups in total. The van der Waals surface area contributed by atoms with E-state index in [0.717, 1.165) is 25.3 Å². The van der Waals surface area contributed by atoms with E-state index in [1.807, 2.05) is 36.1 Å². The Morgan fingerprint density at radius 1 is 1.43 bits per heavy atom. The van der Waals surface area contributed by atoms with Gasteiger partial charge in [-0.25, -0.2) is 0 Å². The molecule has 2 rings (SSSR count). The Morgan fingerprint density at radius 3 is 2.86 bits per heavy atom. The second-order valence-electron chi connectivity index (χ2n) is 5.73. The molecule has 21 heavy (non-hydrogen) atoms. The summed E-state index contributed by atoms with van der Waals surface area (Å²) in [6.07, 6.45) is 2.54. The molecule has 4 heteroatoms. The number of carbonyl (C=O) groups excluding carboxylic acids is 1. The van der Waals surface area contributed by atoms with Crippen molar-refractivity contribution in [2.45, 2.75) is 39.2 Å². The zero-order valence-electron chi connectivity index (χ0n) is 13.2. The molecule has 1 aliphatic rings. The average Bonchev–Trinajstić information content (AvgIpc) is 2.52. The Bertz CT molecular complexity index is 475. The molecule has 1 saturated heterocycles. The van der Waals surface area contributed by atoms with Crippen LogP contribution in [0.5, 0.6) is 11.5 Å². The van der Waals surface area contributed by atoms with Crippen LogP contribution in [0.25, 0.3) is 0 Å². The zero-order valence-corrected chi connectivity index (χ0v) is 13.2. The molecule has 0 aliphatic carbocycles. The highest BCUT2D eigenvalue weighted by Gasteiger charge is 2.27. The van der Waals surface area contributed by atoms with E-state index >= 15 is 0 Å². The van der Waals surface area contributed by atoms with Crippen molar-refractivity contribution in [3.8, 4) is 11.5 Å². The van der Waals surface area contributed by atoms with Crippen LogP contribution in [0.3, 0.4) is 0 Å². The normalized spacial score (nSPS) is 20.0. The maximum atomic E-state index is 12.6. The van der Waals surface area contributed by atoms with Gasteiger partial charge in [0.1, 0.15) is 11.5 Å². The molecule has 116 valence electrons. The van der Waals surface area contributed by atoms with Gasteiger partial charge in [0, 0.05) is 19.2 Å². The van der Waals surface area contributed by atoms with Gasteiger partial charge in [-0.15, -0.1) is 0 Å². The highest BCUT2D eigenvalue weighted by Crippen LogP contribution is 2.22. The average molecular weight is 291 g/mol.